The SMILES string of the molecule is NCc1cc(-c2ccc(OC(F)(F)F)cc2)n[nH]1. The van der Waals surface area contributed by atoms with E-state index >= 15 is 0 Å². The summed E-state index contributed by atoms with van der Waals surface area (Å²) in [7, 11) is 0. The highest BCUT2D eigenvalue weighted by Crippen LogP contribution is 2.25. The number of alkyl halides is 3. The number of halogens is 3. The van der Waals surface area contributed by atoms with Crippen molar-refractivity contribution < 1.29 is 17.9 Å². The molecule has 0 fully saturated rings. The molecule has 96 valence electrons. The van der Waals surface area contributed by atoms with E-state index in [1.54, 1.807) is 6.07 Å². The first-order valence-electron chi connectivity index (χ1n) is 5.08. The quantitative estimate of drug-likeness (QED) is 0.887. The number of hydrogen-bond donors (Lipinski definition) is 2. The van der Waals surface area contributed by atoms with Crippen molar-refractivity contribution in [3.05, 3.63) is 36.0 Å². The van der Waals surface area contributed by atoms with Gasteiger partial charge in [-0.05, 0) is 30.3 Å². The molecule has 18 heavy (non-hydrogen) atoms. The van der Waals surface area contributed by atoms with E-state index in [-0.39, 0.29) is 5.75 Å². The monoisotopic (exact) mass is 257 g/mol. The van der Waals surface area contributed by atoms with E-state index in [9.17, 15) is 13.2 Å². The Balaban J connectivity index is 2.17. The molecule has 0 saturated heterocycles. The van der Waals surface area contributed by atoms with Crippen LogP contribution in [0.3, 0.4) is 0 Å². The Kier molecular flexibility index (Phi) is 3.24. The third-order valence-electron chi connectivity index (χ3n) is 2.23. The smallest absolute Gasteiger partial charge is 0.406 e. The Hall–Kier alpha value is -2.02. The van der Waals surface area contributed by atoms with E-state index in [2.05, 4.69) is 14.9 Å². The summed E-state index contributed by atoms with van der Waals surface area (Å²) in [5.74, 6) is -0.263. The Morgan fingerprint density at radius 3 is 2.39 bits per heavy atom. The zero-order valence-corrected chi connectivity index (χ0v) is 9.16. The second-order valence-corrected chi connectivity index (χ2v) is 3.55. The number of rotatable bonds is 3. The first-order chi connectivity index (χ1) is 8.48. The minimum atomic E-state index is -4.68. The van der Waals surface area contributed by atoms with Gasteiger partial charge in [-0.15, -0.1) is 13.2 Å². The fourth-order valence-corrected chi connectivity index (χ4v) is 1.44. The lowest BCUT2D eigenvalue weighted by molar-refractivity contribution is -0.274. The van der Waals surface area contributed by atoms with Crippen LogP contribution in [-0.4, -0.2) is 16.6 Å². The third-order valence-corrected chi connectivity index (χ3v) is 2.23. The van der Waals surface area contributed by atoms with Crippen LogP contribution >= 0.6 is 0 Å². The summed E-state index contributed by atoms with van der Waals surface area (Å²) in [4.78, 5) is 0. The Morgan fingerprint density at radius 1 is 1.22 bits per heavy atom. The van der Waals surface area contributed by atoms with Crippen molar-refractivity contribution in [3.8, 4) is 17.0 Å². The molecular weight excluding hydrogens is 247 g/mol. The van der Waals surface area contributed by atoms with Gasteiger partial charge in [0.2, 0.25) is 0 Å². The maximum absolute atomic E-state index is 12.0. The molecule has 7 heteroatoms. The van der Waals surface area contributed by atoms with Gasteiger partial charge in [0.05, 0.1) is 5.69 Å². The van der Waals surface area contributed by atoms with Gasteiger partial charge in [-0.2, -0.15) is 5.10 Å². The molecule has 2 rings (SSSR count). The molecule has 0 bridgehead atoms. The number of nitrogens with one attached hydrogen (secondary N) is 1. The van der Waals surface area contributed by atoms with Gasteiger partial charge in [0.1, 0.15) is 5.75 Å². The summed E-state index contributed by atoms with van der Waals surface area (Å²) in [6.45, 7) is 0.322. The number of aromatic amines is 1. The number of hydrogen-bond acceptors (Lipinski definition) is 3. The Bertz CT molecular complexity index is 519. The molecule has 2 aromatic rings. The van der Waals surface area contributed by atoms with E-state index < -0.39 is 6.36 Å². The van der Waals surface area contributed by atoms with Gasteiger partial charge in [0.15, 0.2) is 0 Å². The largest absolute Gasteiger partial charge is 0.573 e. The molecule has 0 aliphatic heterocycles. The summed E-state index contributed by atoms with van der Waals surface area (Å²) >= 11 is 0. The molecule has 3 N–H and O–H groups in total. The van der Waals surface area contributed by atoms with Gasteiger partial charge < -0.3 is 10.5 Å². The Labute approximate surface area is 101 Å². The van der Waals surface area contributed by atoms with Crippen LogP contribution in [0.15, 0.2) is 30.3 Å². The molecule has 0 radical (unpaired) electrons. The van der Waals surface area contributed by atoms with Crippen LogP contribution in [-0.2, 0) is 6.54 Å². The Morgan fingerprint density at radius 2 is 1.89 bits per heavy atom. The summed E-state index contributed by atoms with van der Waals surface area (Å²) in [5, 5.41) is 6.71. The van der Waals surface area contributed by atoms with Gasteiger partial charge in [-0.3, -0.25) is 5.10 Å². The van der Waals surface area contributed by atoms with E-state index in [0.717, 1.165) is 5.69 Å². The van der Waals surface area contributed by atoms with Crippen LogP contribution in [0.2, 0.25) is 0 Å². The van der Waals surface area contributed by atoms with Crippen LogP contribution in [0.5, 0.6) is 5.75 Å². The van der Waals surface area contributed by atoms with E-state index in [1.165, 1.54) is 24.3 Å². The fraction of sp³-hybridized carbons (Fsp3) is 0.182. The standard InChI is InChI=1S/C11H10F3N3O/c12-11(13,14)18-9-3-1-7(2-4-9)10-5-8(6-15)16-17-10/h1-5H,6,15H2,(H,16,17). The zero-order chi connectivity index (χ0) is 13.2. The molecule has 1 heterocycles. The van der Waals surface area contributed by atoms with Crippen molar-refractivity contribution in [3.63, 3.8) is 0 Å². The summed E-state index contributed by atoms with van der Waals surface area (Å²) < 4.78 is 39.7. The van der Waals surface area contributed by atoms with E-state index in [1.807, 2.05) is 0 Å². The maximum atomic E-state index is 12.0. The molecule has 0 amide bonds. The van der Waals surface area contributed by atoms with E-state index in [4.69, 9.17) is 5.73 Å². The zero-order valence-electron chi connectivity index (χ0n) is 9.16. The molecule has 0 spiro atoms. The highest BCUT2D eigenvalue weighted by Gasteiger charge is 2.30. The van der Waals surface area contributed by atoms with Crippen LogP contribution in [0.25, 0.3) is 11.3 Å². The van der Waals surface area contributed by atoms with Crippen molar-refractivity contribution in [2.24, 2.45) is 5.73 Å². The van der Waals surface area contributed by atoms with Crippen LogP contribution in [0.4, 0.5) is 13.2 Å². The van der Waals surface area contributed by atoms with Gasteiger partial charge in [0.25, 0.3) is 0 Å². The lowest BCUT2D eigenvalue weighted by Gasteiger charge is -2.08. The van der Waals surface area contributed by atoms with Crippen molar-refractivity contribution >= 4 is 0 Å². The van der Waals surface area contributed by atoms with Crippen molar-refractivity contribution in [2.45, 2.75) is 12.9 Å². The summed E-state index contributed by atoms with van der Waals surface area (Å²) in [5.41, 5.74) is 7.47. The molecule has 0 aliphatic carbocycles. The normalized spacial score (nSPS) is 11.6. The molecule has 0 atom stereocenters. The van der Waals surface area contributed by atoms with Crippen LogP contribution in [0.1, 0.15) is 5.69 Å². The minimum absolute atomic E-state index is 0.263. The van der Waals surface area contributed by atoms with E-state index in [0.29, 0.717) is 17.8 Å². The predicted octanol–water partition coefficient (Wildman–Crippen LogP) is 2.43. The lowest BCUT2D eigenvalue weighted by Crippen LogP contribution is -2.16. The second kappa shape index (κ2) is 4.69. The predicted molar refractivity (Wildman–Crippen MR) is 58.6 cm³/mol. The first kappa shape index (κ1) is 12.4. The van der Waals surface area contributed by atoms with Gasteiger partial charge in [0, 0.05) is 17.8 Å². The molecule has 4 nitrogen and oxygen atoms in total. The van der Waals surface area contributed by atoms with Crippen molar-refractivity contribution in [2.75, 3.05) is 0 Å². The van der Waals surface area contributed by atoms with Crippen LogP contribution in [0, 0.1) is 0 Å². The molecule has 0 aliphatic rings. The first-order valence-corrected chi connectivity index (χ1v) is 5.08. The highest BCUT2D eigenvalue weighted by atomic mass is 19.4. The average Bonchev–Trinajstić information content (AvgIpc) is 2.76. The van der Waals surface area contributed by atoms with Crippen molar-refractivity contribution in [1.29, 1.82) is 0 Å². The molecule has 1 aromatic carbocycles. The number of benzene rings is 1. The molecular formula is C11H10F3N3O. The summed E-state index contributed by atoms with van der Waals surface area (Å²) in [6.07, 6.45) is -4.68. The minimum Gasteiger partial charge on any atom is -0.406 e. The summed E-state index contributed by atoms with van der Waals surface area (Å²) in [6, 6.07) is 7.20. The van der Waals surface area contributed by atoms with Gasteiger partial charge in [-0.1, -0.05) is 0 Å². The van der Waals surface area contributed by atoms with Crippen LogP contribution < -0.4 is 10.5 Å². The van der Waals surface area contributed by atoms with Crippen molar-refractivity contribution in [1.82, 2.24) is 10.2 Å². The molecule has 0 saturated carbocycles. The fourth-order valence-electron chi connectivity index (χ4n) is 1.44. The number of ether oxygens (including phenoxy) is 1. The number of nitrogens with zero attached hydrogens (tertiary/aromatic N) is 1. The number of H-pyrrole nitrogens is 1. The number of nitrogens with two attached hydrogens (primary N) is 1. The second-order valence-electron chi connectivity index (χ2n) is 3.55. The molecule has 1 aromatic heterocycles. The third kappa shape index (κ3) is 3.01. The highest BCUT2D eigenvalue weighted by molar-refractivity contribution is 5.60. The van der Waals surface area contributed by atoms with Gasteiger partial charge in [-0.25, -0.2) is 0 Å². The van der Waals surface area contributed by atoms with Gasteiger partial charge >= 0.3 is 6.36 Å². The maximum Gasteiger partial charge on any atom is 0.573 e. The number of aromatic nitrogens is 2. The lowest BCUT2D eigenvalue weighted by atomic mass is 10.1. The molecule has 0 unspecified atom stereocenters. The topological polar surface area (TPSA) is 63.9 Å². The average molecular weight is 257 g/mol.